The van der Waals surface area contributed by atoms with Crippen LogP contribution in [0.4, 0.5) is 18.9 Å². The summed E-state index contributed by atoms with van der Waals surface area (Å²) in [5.41, 5.74) is 3.99. The summed E-state index contributed by atoms with van der Waals surface area (Å²) in [5.74, 6) is -5.35. The zero-order chi connectivity index (χ0) is 17.0. The van der Waals surface area contributed by atoms with Crippen LogP contribution in [0.5, 0.6) is 5.75 Å². The molecule has 0 unspecified atom stereocenters. The van der Waals surface area contributed by atoms with Crippen LogP contribution in [-0.4, -0.2) is 16.1 Å². The number of hydrazine groups is 1. The van der Waals surface area contributed by atoms with E-state index in [1.54, 1.807) is 6.07 Å². The van der Waals surface area contributed by atoms with Crippen LogP contribution in [0, 0.1) is 17.5 Å². The van der Waals surface area contributed by atoms with Crippen molar-refractivity contribution in [1.82, 2.24) is 10.9 Å². The SMILES string of the molecule is O=C(NNC(=S)Nc1ccc(F)c(F)c1F)c1ccccc1O. The average Bonchev–Trinajstić information content (AvgIpc) is 2.53. The van der Waals surface area contributed by atoms with E-state index in [1.165, 1.54) is 18.2 Å². The van der Waals surface area contributed by atoms with E-state index in [9.17, 15) is 23.1 Å². The van der Waals surface area contributed by atoms with Gasteiger partial charge in [0.2, 0.25) is 0 Å². The summed E-state index contributed by atoms with van der Waals surface area (Å²) in [4.78, 5) is 11.8. The topological polar surface area (TPSA) is 73.4 Å². The monoisotopic (exact) mass is 341 g/mol. The minimum Gasteiger partial charge on any atom is -0.507 e. The number of nitrogens with one attached hydrogen (secondary N) is 3. The molecule has 0 aliphatic heterocycles. The van der Waals surface area contributed by atoms with Crippen molar-refractivity contribution in [1.29, 1.82) is 0 Å². The van der Waals surface area contributed by atoms with Crippen molar-refractivity contribution in [3.63, 3.8) is 0 Å². The molecule has 2 aromatic carbocycles. The highest BCUT2D eigenvalue weighted by atomic mass is 32.1. The number of hydrogen-bond donors (Lipinski definition) is 4. The summed E-state index contributed by atoms with van der Waals surface area (Å²) in [6.07, 6.45) is 0. The van der Waals surface area contributed by atoms with Crippen LogP contribution in [0.2, 0.25) is 0 Å². The number of carbonyl (C=O) groups excluding carboxylic acids is 1. The predicted molar refractivity (Wildman–Crippen MR) is 81.2 cm³/mol. The first kappa shape index (κ1) is 16.6. The number of amides is 1. The number of anilines is 1. The summed E-state index contributed by atoms with van der Waals surface area (Å²) in [7, 11) is 0. The Morgan fingerprint density at radius 2 is 1.70 bits per heavy atom. The molecule has 0 saturated heterocycles. The van der Waals surface area contributed by atoms with Crippen LogP contribution in [0.15, 0.2) is 36.4 Å². The molecule has 0 atom stereocenters. The van der Waals surface area contributed by atoms with Gasteiger partial charge in [0.25, 0.3) is 5.91 Å². The molecule has 0 aliphatic rings. The maximum absolute atomic E-state index is 13.5. The summed E-state index contributed by atoms with van der Waals surface area (Å²) in [6.45, 7) is 0. The molecule has 0 radical (unpaired) electrons. The number of rotatable bonds is 2. The fourth-order valence-corrected chi connectivity index (χ4v) is 1.78. The van der Waals surface area contributed by atoms with Gasteiger partial charge in [0, 0.05) is 0 Å². The number of thiocarbonyl (C=S) groups is 1. The van der Waals surface area contributed by atoms with E-state index in [0.717, 1.165) is 12.1 Å². The fraction of sp³-hybridized carbons (Fsp3) is 0. The minimum absolute atomic E-state index is 0.0122. The first-order valence-corrected chi connectivity index (χ1v) is 6.60. The van der Waals surface area contributed by atoms with Crippen LogP contribution in [0.1, 0.15) is 10.4 Å². The van der Waals surface area contributed by atoms with E-state index < -0.39 is 29.0 Å². The van der Waals surface area contributed by atoms with Gasteiger partial charge in [-0.3, -0.25) is 15.6 Å². The molecule has 0 aliphatic carbocycles. The van der Waals surface area contributed by atoms with Gasteiger partial charge in [-0.2, -0.15) is 0 Å². The van der Waals surface area contributed by atoms with Crippen LogP contribution >= 0.6 is 12.2 Å². The van der Waals surface area contributed by atoms with Gasteiger partial charge in [-0.1, -0.05) is 12.1 Å². The molecular formula is C14H10F3N3O2S. The highest BCUT2D eigenvalue weighted by molar-refractivity contribution is 7.80. The van der Waals surface area contributed by atoms with E-state index in [2.05, 4.69) is 16.2 Å². The van der Waals surface area contributed by atoms with Crippen LogP contribution in [0.3, 0.4) is 0 Å². The summed E-state index contributed by atoms with van der Waals surface area (Å²) >= 11 is 4.79. The Kier molecular flexibility index (Phi) is 5.02. The van der Waals surface area contributed by atoms with Crippen LogP contribution < -0.4 is 16.2 Å². The highest BCUT2D eigenvalue weighted by Crippen LogP contribution is 2.19. The van der Waals surface area contributed by atoms with Gasteiger partial charge in [-0.15, -0.1) is 0 Å². The molecule has 4 N–H and O–H groups in total. The molecule has 0 fully saturated rings. The second kappa shape index (κ2) is 6.97. The zero-order valence-electron chi connectivity index (χ0n) is 11.4. The number of aromatic hydroxyl groups is 1. The predicted octanol–water partition coefficient (Wildman–Crippen LogP) is 2.44. The molecule has 120 valence electrons. The van der Waals surface area contributed by atoms with E-state index >= 15 is 0 Å². The van der Waals surface area contributed by atoms with Crippen molar-refractivity contribution in [3.05, 3.63) is 59.4 Å². The second-order valence-corrected chi connectivity index (χ2v) is 4.68. The molecule has 5 nitrogen and oxygen atoms in total. The maximum Gasteiger partial charge on any atom is 0.273 e. The second-order valence-electron chi connectivity index (χ2n) is 4.27. The smallest absolute Gasteiger partial charge is 0.273 e. The number of para-hydroxylation sites is 1. The molecule has 0 heterocycles. The van der Waals surface area contributed by atoms with E-state index in [0.29, 0.717) is 0 Å². The van der Waals surface area contributed by atoms with Gasteiger partial charge in [-0.05, 0) is 36.5 Å². The zero-order valence-corrected chi connectivity index (χ0v) is 12.2. The molecule has 1 amide bonds. The quantitative estimate of drug-likeness (QED) is 0.384. The largest absolute Gasteiger partial charge is 0.507 e. The van der Waals surface area contributed by atoms with Crippen molar-refractivity contribution < 1.29 is 23.1 Å². The molecule has 2 rings (SSSR count). The van der Waals surface area contributed by atoms with Crippen molar-refractivity contribution in [2.45, 2.75) is 0 Å². The third-order valence-corrected chi connectivity index (χ3v) is 2.93. The number of benzene rings is 2. The standard InChI is InChI=1S/C14H10F3N3O2S/c15-8-5-6-9(12(17)11(8)16)18-14(23)20-19-13(22)7-3-1-2-4-10(7)21/h1-6,21H,(H,19,22)(H2,18,20,23). The molecule has 0 spiro atoms. The van der Waals surface area contributed by atoms with E-state index in [1.807, 2.05) is 0 Å². The molecule has 23 heavy (non-hydrogen) atoms. The Hall–Kier alpha value is -2.81. The third-order valence-electron chi connectivity index (χ3n) is 2.72. The van der Waals surface area contributed by atoms with Gasteiger partial charge in [-0.25, -0.2) is 13.2 Å². The van der Waals surface area contributed by atoms with Crippen molar-refractivity contribution in [2.75, 3.05) is 5.32 Å². The van der Waals surface area contributed by atoms with Crippen LogP contribution in [-0.2, 0) is 0 Å². The van der Waals surface area contributed by atoms with Gasteiger partial charge in [0.05, 0.1) is 11.3 Å². The number of phenols is 1. The lowest BCUT2D eigenvalue weighted by Crippen LogP contribution is -2.43. The first-order chi connectivity index (χ1) is 10.9. The maximum atomic E-state index is 13.5. The molecule has 0 bridgehead atoms. The van der Waals surface area contributed by atoms with Gasteiger partial charge in [0.1, 0.15) is 5.75 Å². The number of hydrogen-bond acceptors (Lipinski definition) is 3. The lowest BCUT2D eigenvalue weighted by molar-refractivity contribution is 0.0941. The molecule has 2 aromatic rings. The molecular weight excluding hydrogens is 331 g/mol. The third kappa shape index (κ3) is 3.89. The minimum atomic E-state index is -1.64. The number of phenolic OH excluding ortho intramolecular Hbond substituents is 1. The van der Waals surface area contributed by atoms with E-state index in [-0.39, 0.29) is 16.4 Å². The summed E-state index contributed by atoms with van der Waals surface area (Å²) in [6, 6.07) is 7.45. The van der Waals surface area contributed by atoms with E-state index in [4.69, 9.17) is 12.2 Å². The summed E-state index contributed by atoms with van der Waals surface area (Å²) in [5, 5.41) is 11.5. The Balaban J connectivity index is 1.97. The number of halogens is 3. The van der Waals surface area contributed by atoms with Crippen molar-refractivity contribution >= 4 is 28.9 Å². The molecule has 9 heteroatoms. The summed E-state index contributed by atoms with van der Waals surface area (Å²) < 4.78 is 39.3. The first-order valence-electron chi connectivity index (χ1n) is 6.19. The Bertz CT molecular complexity index is 771. The van der Waals surface area contributed by atoms with Gasteiger partial charge < -0.3 is 10.4 Å². The van der Waals surface area contributed by atoms with Crippen molar-refractivity contribution in [2.24, 2.45) is 0 Å². The molecule has 0 saturated carbocycles. The lowest BCUT2D eigenvalue weighted by atomic mass is 10.2. The molecule has 0 aromatic heterocycles. The van der Waals surface area contributed by atoms with Gasteiger partial charge in [0.15, 0.2) is 22.6 Å². The Morgan fingerprint density at radius 3 is 2.39 bits per heavy atom. The normalized spacial score (nSPS) is 10.0. The lowest BCUT2D eigenvalue weighted by Gasteiger charge is -2.13. The highest BCUT2D eigenvalue weighted by Gasteiger charge is 2.15. The Morgan fingerprint density at radius 1 is 1.00 bits per heavy atom. The van der Waals surface area contributed by atoms with Gasteiger partial charge >= 0.3 is 0 Å². The van der Waals surface area contributed by atoms with Crippen LogP contribution in [0.25, 0.3) is 0 Å². The average molecular weight is 341 g/mol. The van der Waals surface area contributed by atoms with Crippen molar-refractivity contribution in [3.8, 4) is 5.75 Å². The number of carbonyl (C=O) groups is 1. The fourth-order valence-electron chi connectivity index (χ4n) is 1.62. The Labute approximate surface area is 134 Å².